The Bertz CT molecular complexity index is 771. The Morgan fingerprint density at radius 2 is 2.14 bits per heavy atom. The van der Waals surface area contributed by atoms with E-state index in [2.05, 4.69) is 4.98 Å². The Balaban J connectivity index is 2.18. The first kappa shape index (κ1) is 15.8. The van der Waals surface area contributed by atoms with Crippen molar-refractivity contribution in [3.63, 3.8) is 0 Å². The molecule has 7 heteroatoms. The van der Waals surface area contributed by atoms with Crippen LogP contribution in [0.15, 0.2) is 30.0 Å². The molecule has 0 fully saturated rings. The summed E-state index contributed by atoms with van der Waals surface area (Å²) in [6, 6.07) is 8.78. The third kappa shape index (κ3) is 3.98. The minimum atomic E-state index is 0.0232. The van der Waals surface area contributed by atoms with E-state index in [9.17, 15) is 0 Å². The lowest BCUT2D eigenvalue weighted by atomic mass is 10.1. The van der Waals surface area contributed by atoms with Crippen molar-refractivity contribution in [3.8, 4) is 23.6 Å². The molecule has 22 heavy (non-hydrogen) atoms. The van der Waals surface area contributed by atoms with Crippen molar-refractivity contribution in [3.05, 3.63) is 44.9 Å². The molecule has 1 heterocycles. The molecule has 0 saturated heterocycles. The summed E-state index contributed by atoms with van der Waals surface area (Å²) >= 11 is 7.11. The predicted molar refractivity (Wildman–Crippen MR) is 83.7 cm³/mol. The van der Waals surface area contributed by atoms with Crippen LogP contribution in [0.2, 0.25) is 4.47 Å². The molecule has 0 atom stereocenters. The van der Waals surface area contributed by atoms with Gasteiger partial charge in [0.25, 0.3) is 0 Å². The fourth-order valence-electron chi connectivity index (χ4n) is 1.65. The molecule has 0 amide bonds. The maximum absolute atomic E-state index is 8.77. The smallest absolute Gasteiger partial charge is 0.183 e. The second-order valence-corrected chi connectivity index (χ2v) is 5.76. The van der Waals surface area contributed by atoms with Crippen molar-refractivity contribution in [2.45, 2.75) is 6.61 Å². The van der Waals surface area contributed by atoms with E-state index in [4.69, 9.17) is 31.6 Å². The standard InChI is InChI=1S/C15H10ClN3O2S/c1-20-14-5-10(4-11(6-17)7-18)2-3-13(14)21-9-12-8-19-15(16)22-12/h2-5,8H,9H2,1H3. The molecule has 0 aliphatic heterocycles. The van der Waals surface area contributed by atoms with Gasteiger partial charge in [-0.05, 0) is 23.8 Å². The number of rotatable bonds is 5. The molecule has 2 aromatic rings. The van der Waals surface area contributed by atoms with Crippen LogP contribution < -0.4 is 9.47 Å². The zero-order valence-corrected chi connectivity index (χ0v) is 13.1. The van der Waals surface area contributed by atoms with E-state index in [1.807, 2.05) is 12.1 Å². The number of hydrogen-bond donors (Lipinski definition) is 0. The number of benzene rings is 1. The van der Waals surface area contributed by atoms with Crippen LogP contribution in [-0.4, -0.2) is 12.1 Å². The molecule has 0 saturated carbocycles. The zero-order chi connectivity index (χ0) is 15.9. The summed E-state index contributed by atoms with van der Waals surface area (Å²) in [6.07, 6.45) is 3.14. The molecule has 110 valence electrons. The summed E-state index contributed by atoms with van der Waals surface area (Å²) in [5.74, 6) is 1.07. The highest BCUT2D eigenvalue weighted by Crippen LogP contribution is 2.30. The summed E-state index contributed by atoms with van der Waals surface area (Å²) in [6.45, 7) is 0.331. The van der Waals surface area contributed by atoms with Gasteiger partial charge in [0.1, 0.15) is 24.3 Å². The molecule has 1 aromatic heterocycles. The highest BCUT2D eigenvalue weighted by molar-refractivity contribution is 7.15. The first-order valence-electron chi connectivity index (χ1n) is 6.09. The molecule has 2 rings (SSSR count). The van der Waals surface area contributed by atoms with Crippen LogP contribution in [-0.2, 0) is 6.61 Å². The third-order valence-corrected chi connectivity index (χ3v) is 3.72. The minimum absolute atomic E-state index is 0.0232. The van der Waals surface area contributed by atoms with Gasteiger partial charge in [0.15, 0.2) is 16.0 Å². The maximum Gasteiger partial charge on any atom is 0.183 e. The summed E-state index contributed by atoms with van der Waals surface area (Å²) in [5, 5.41) is 17.5. The summed E-state index contributed by atoms with van der Waals surface area (Å²) < 4.78 is 11.4. The Morgan fingerprint density at radius 1 is 1.36 bits per heavy atom. The lowest BCUT2D eigenvalue weighted by molar-refractivity contribution is 0.287. The highest BCUT2D eigenvalue weighted by Gasteiger charge is 2.07. The fraction of sp³-hybridized carbons (Fsp3) is 0.133. The van der Waals surface area contributed by atoms with Gasteiger partial charge in [-0.15, -0.1) is 11.3 Å². The minimum Gasteiger partial charge on any atom is -0.493 e. The second kappa shape index (κ2) is 7.46. The van der Waals surface area contributed by atoms with Crippen LogP contribution in [0.1, 0.15) is 10.4 Å². The largest absolute Gasteiger partial charge is 0.493 e. The summed E-state index contributed by atoms with van der Waals surface area (Å²) in [4.78, 5) is 4.84. The highest BCUT2D eigenvalue weighted by atomic mass is 35.5. The van der Waals surface area contributed by atoms with E-state index in [0.717, 1.165) is 4.88 Å². The summed E-state index contributed by atoms with van der Waals surface area (Å²) in [5.41, 5.74) is 0.707. The van der Waals surface area contributed by atoms with Crippen LogP contribution in [0.3, 0.4) is 0 Å². The first-order chi connectivity index (χ1) is 10.7. The molecule has 0 bridgehead atoms. The van der Waals surface area contributed by atoms with Gasteiger partial charge in [0.05, 0.1) is 12.0 Å². The number of methoxy groups -OCH3 is 1. The van der Waals surface area contributed by atoms with E-state index in [-0.39, 0.29) is 5.57 Å². The topological polar surface area (TPSA) is 78.9 Å². The molecule has 1 aromatic carbocycles. The Kier molecular flexibility index (Phi) is 5.37. The van der Waals surface area contributed by atoms with Crippen LogP contribution in [0, 0.1) is 22.7 Å². The van der Waals surface area contributed by atoms with E-state index in [1.54, 1.807) is 24.4 Å². The van der Waals surface area contributed by atoms with Gasteiger partial charge in [-0.2, -0.15) is 10.5 Å². The zero-order valence-electron chi connectivity index (χ0n) is 11.5. The van der Waals surface area contributed by atoms with Crippen molar-refractivity contribution in [2.75, 3.05) is 7.11 Å². The van der Waals surface area contributed by atoms with E-state index < -0.39 is 0 Å². The SMILES string of the molecule is COc1cc(C=C(C#N)C#N)ccc1OCc1cnc(Cl)s1. The van der Waals surface area contributed by atoms with E-state index in [1.165, 1.54) is 24.5 Å². The van der Waals surface area contributed by atoms with Crippen molar-refractivity contribution in [2.24, 2.45) is 0 Å². The summed E-state index contributed by atoms with van der Waals surface area (Å²) in [7, 11) is 1.52. The van der Waals surface area contributed by atoms with Crippen molar-refractivity contribution in [1.29, 1.82) is 10.5 Å². The van der Waals surface area contributed by atoms with E-state index >= 15 is 0 Å². The van der Waals surface area contributed by atoms with Crippen LogP contribution in [0.25, 0.3) is 6.08 Å². The quantitative estimate of drug-likeness (QED) is 0.778. The van der Waals surface area contributed by atoms with Gasteiger partial charge in [-0.3, -0.25) is 0 Å². The van der Waals surface area contributed by atoms with Crippen LogP contribution in [0.4, 0.5) is 0 Å². The van der Waals surface area contributed by atoms with Gasteiger partial charge >= 0.3 is 0 Å². The Labute approximate surface area is 136 Å². The Morgan fingerprint density at radius 3 is 2.73 bits per heavy atom. The molecule has 0 unspecified atom stereocenters. The molecule has 0 spiro atoms. The Hall–Kier alpha value is -2.54. The van der Waals surface area contributed by atoms with Crippen LogP contribution in [0.5, 0.6) is 11.5 Å². The number of thiazole rings is 1. The van der Waals surface area contributed by atoms with Crippen molar-refractivity contribution < 1.29 is 9.47 Å². The molecular formula is C15H10ClN3O2S. The van der Waals surface area contributed by atoms with Gasteiger partial charge in [-0.1, -0.05) is 17.7 Å². The fourth-order valence-corrected chi connectivity index (χ4v) is 2.54. The molecule has 5 nitrogen and oxygen atoms in total. The second-order valence-electron chi connectivity index (χ2n) is 4.06. The molecule has 0 aliphatic rings. The average molecular weight is 332 g/mol. The van der Waals surface area contributed by atoms with E-state index in [0.29, 0.717) is 28.1 Å². The normalized spacial score (nSPS) is 9.45. The predicted octanol–water partition coefficient (Wildman–Crippen LogP) is 3.81. The molecule has 0 N–H and O–H groups in total. The molecule has 0 aliphatic carbocycles. The number of hydrogen-bond acceptors (Lipinski definition) is 6. The molecule has 0 radical (unpaired) electrons. The average Bonchev–Trinajstić information content (AvgIpc) is 2.96. The number of ether oxygens (including phenoxy) is 2. The van der Waals surface area contributed by atoms with Crippen molar-refractivity contribution >= 4 is 29.0 Å². The first-order valence-corrected chi connectivity index (χ1v) is 7.28. The van der Waals surface area contributed by atoms with Crippen molar-refractivity contribution in [1.82, 2.24) is 4.98 Å². The molecular weight excluding hydrogens is 322 g/mol. The number of aromatic nitrogens is 1. The lowest BCUT2D eigenvalue weighted by Crippen LogP contribution is -1.96. The maximum atomic E-state index is 8.77. The third-order valence-electron chi connectivity index (χ3n) is 2.63. The number of halogens is 1. The monoisotopic (exact) mass is 331 g/mol. The number of nitrogens with zero attached hydrogens (tertiary/aromatic N) is 3. The lowest BCUT2D eigenvalue weighted by Gasteiger charge is -2.10. The number of nitriles is 2. The van der Waals surface area contributed by atoms with Crippen LogP contribution >= 0.6 is 22.9 Å². The number of allylic oxidation sites excluding steroid dienone is 1. The van der Waals surface area contributed by atoms with Gasteiger partial charge in [0.2, 0.25) is 0 Å². The van der Waals surface area contributed by atoms with Gasteiger partial charge in [0, 0.05) is 6.20 Å². The van der Waals surface area contributed by atoms with Gasteiger partial charge < -0.3 is 9.47 Å². The van der Waals surface area contributed by atoms with Gasteiger partial charge in [-0.25, -0.2) is 4.98 Å².